The van der Waals surface area contributed by atoms with Crippen molar-refractivity contribution >= 4 is 11.9 Å². The van der Waals surface area contributed by atoms with Gasteiger partial charge in [-0.25, -0.2) is 0 Å². The summed E-state index contributed by atoms with van der Waals surface area (Å²) in [5.41, 5.74) is -4.03. The van der Waals surface area contributed by atoms with Crippen LogP contribution in [0.2, 0.25) is 0 Å². The average molecular weight is 829 g/mol. The van der Waals surface area contributed by atoms with Gasteiger partial charge < -0.3 is 57.6 Å². The van der Waals surface area contributed by atoms with Crippen LogP contribution >= 0.6 is 0 Å². The highest BCUT2D eigenvalue weighted by Gasteiger charge is 2.54. The molecule has 336 valence electrons. The smallest absolute Gasteiger partial charge is 0.311 e. The van der Waals surface area contributed by atoms with Gasteiger partial charge in [0, 0.05) is 17.8 Å². The van der Waals surface area contributed by atoms with Gasteiger partial charge in [-0.1, -0.05) is 62.3 Å². The van der Waals surface area contributed by atoms with E-state index < -0.39 is 58.8 Å². The Bertz CT molecular complexity index is 1330. The minimum Gasteiger partial charge on any atom is -0.463 e. The lowest BCUT2D eigenvalue weighted by Crippen LogP contribution is -2.57. The summed E-state index contributed by atoms with van der Waals surface area (Å²) in [6.07, 6.45) is -0.302. The Hall–Kier alpha value is -1.46. The average Bonchev–Trinajstić information content (AvgIpc) is 3.16. The lowest BCUT2D eigenvalue weighted by atomic mass is 9.64. The third-order valence-corrected chi connectivity index (χ3v) is 13.4. The van der Waals surface area contributed by atoms with Gasteiger partial charge >= 0.3 is 11.9 Å². The summed E-state index contributed by atoms with van der Waals surface area (Å²) in [5, 5.41) is 19.1. The summed E-state index contributed by atoms with van der Waals surface area (Å²) in [6, 6.07) is 0. The number of aliphatic hydroxyl groups is 2. The lowest BCUT2D eigenvalue weighted by molar-refractivity contribution is -0.331. The predicted octanol–water partition coefficient (Wildman–Crippen LogP) is 5.49. The van der Waals surface area contributed by atoms with Gasteiger partial charge in [-0.3, -0.25) is 9.59 Å². The summed E-state index contributed by atoms with van der Waals surface area (Å²) >= 11 is 0. The Kier molecular flexibility index (Phi) is 15.2. The second-order valence-corrected chi connectivity index (χ2v) is 21.9. The molecule has 0 aromatic carbocycles. The molecule has 0 aromatic heterocycles. The molecule has 2 N–H and O–H groups in total. The van der Waals surface area contributed by atoms with Crippen molar-refractivity contribution in [2.75, 3.05) is 79.3 Å². The van der Waals surface area contributed by atoms with Gasteiger partial charge in [-0.05, 0) is 62.2 Å². The van der Waals surface area contributed by atoms with Crippen molar-refractivity contribution in [1.82, 2.24) is 0 Å². The molecule has 58 heavy (non-hydrogen) atoms. The summed E-state index contributed by atoms with van der Waals surface area (Å²) in [5.74, 6) is -1.43. The standard InChI is InChI=1S/C44H76O14/c1-38(2,3)29-18-41(10,36(47)49-16-14-45)13-12-32-51-21-43(22-52-32)23-53-34(54-24-43)30(39(4,5)6)19-42(11,37(48)50-17-15-46)20-31(40(7,8)9)35-57-27-44(28-58-35)25-55-33(29)56-26-44/h29-35,45-46H,12-28H2,1-11H3. The summed E-state index contributed by atoms with van der Waals surface area (Å²) < 4.78 is 63.5. The van der Waals surface area contributed by atoms with Gasteiger partial charge in [0.2, 0.25) is 0 Å². The molecule has 5 atom stereocenters. The van der Waals surface area contributed by atoms with E-state index in [1.165, 1.54) is 0 Å². The predicted molar refractivity (Wildman–Crippen MR) is 212 cm³/mol. The molecule has 11 aliphatic rings. The topological polar surface area (TPSA) is 167 Å². The fourth-order valence-electron chi connectivity index (χ4n) is 9.14. The van der Waals surface area contributed by atoms with Crippen LogP contribution in [0.4, 0.5) is 0 Å². The van der Waals surface area contributed by atoms with E-state index in [1.807, 2.05) is 13.8 Å². The maximum atomic E-state index is 14.2. The first-order valence-electron chi connectivity index (χ1n) is 21.5. The molecule has 14 heteroatoms. The molecule has 0 saturated carbocycles. The lowest BCUT2D eigenvalue weighted by Gasteiger charge is -2.51. The van der Waals surface area contributed by atoms with E-state index >= 15 is 0 Å². The van der Waals surface area contributed by atoms with Gasteiger partial charge in [0.25, 0.3) is 0 Å². The SMILES string of the molecule is CC1(C(=O)OCCO)CCC2OCC3(CO2)COC(OC3)C(C(C)(C)C)CC(C)(C(=O)OCCO)CC(C(C)(C)C)C2OCC3(COC(OC3)C(C(C)(C)C)C1)CO2. The third-order valence-electron chi connectivity index (χ3n) is 13.4. The van der Waals surface area contributed by atoms with Gasteiger partial charge in [-0.2, -0.15) is 0 Å². The normalized spacial score (nSPS) is 39.9. The molecule has 11 aliphatic heterocycles. The molecule has 0 amide bonds. The Labute approximate surface area is 346 Å². The maximum absolute atomic E-state index is 14.2. The summed E-state index contributed by atoms with van der Waals surface area (Å²) in [6.45, 7) is 25.0. The summed E-state index contributed by atoms with van der Waals surface area (Å²) in [7, 11) is 0. The minimum atomic E-state index is -1.02. The van der Waals surface area contributed by atoms with Crippen molar-refractivity contribution in [1.29, 1.82) is 0 Å². The van der Waals surface area contributed by atoms with Crippen molar-refractivity contribution in [3.8, 4) is 0 Å². The second-order valence-electron chi connectivity index (χ2n) is 21.9. The molecule has 0 aliphatic carbocycles. The van der Waals surface area contributed by atoms with Crippen LogP contribution in [0.3, 0.4) is 0 Å². The van der Waals surface area contributed by atoms with E-state index in [0.717, 1.165) is 0 Å². The number of hydrogen-bond acceptors (Lipinski definition) is 14. The van der Waals surface area contributed by atoms with Gasteiger partial charge in [0.05, 0.1) is 87.7 Å². The molecular weight excluding hydrogens is 752 g/mol. The molecule has 14 nitrogen and oxygen atoms in total. The molecule has 11 saturated heterocycles. The highest BCUT2D eigenvalue weighted by molar-refractivity contribution is 5.77. The number of aliphatic hydroxyl groups excluding tert-OH is 2. The number of hydrogen-bond donors (Lipinski definition) is 2. The number of ether oxygens (including phenoxy) is 10. The van der Waals surface area contributed by atoms with Crippen LogP contribution in [0, 0.1) is 55.7 Å². The first-order chi connectivity index (χ1) is 27.0. The molecule has 11 heterocycles. The van der Waals surface area contributed by atoms with Crippen LogP contribution in [0.1, 0.15) is 108 Å². The van der Waals surface area contributed by atoms with E-state index in [4.69, 9.17) is 47.4 Å². The Balaban J connectivity index is 1.48. The van der Waals surface area contributed by atoms with Crippen molar-refractivity contribution < 1.29 is 67.2 Å². The molecule has 0 aromatic rings. The largest absolute Gasteiger partial charge is 0.463 e. The first kappa shape index (κ1) is 47.6. The van der Waals surface area contributed by atoms with E-state index in [1.54, 1.807) is 0 Å². The van der Waals surface area contributed by atoms with Crippen LogP contribution in [0.25, 0.3) is 0 Å². The van der Waals surface area contributed by atoms with E-state index in [2.05, 4.69) is 62.3 Å². The van der Waals surface area contributed by atoms with E-state index in [9.17, 15) is 19.8 Å². The quantitative estimate of drug-likeness (QED) is 0.323. The molecule has 0 radical (unpaired) electrons. The molecule has 6 bridgehead atoms. The third kappa shape index (κ3) is 11.3. The highest BCUT2D eigenvalue weighted by atomic mass is 16.7. The molecule has 11 fully saturated rings. The fraction of sp³-hybridized carbons (Fsp3) is 0.955. The zero-order valence-corrected chi connectivity index (χ0v) is 37.4. The molecule has 2 spiro atoms. The maximum Gasteiger partial charge on any atom is 0.311 e. The molecular formula is C44H76O14. The number of carbonyl (C=O) groups excluding carboxylic acids is 2. The van der Waals surface area contributed by atoms with Crippen molar-refractivity contribution in [2.45, 2.75) is 133 Å². The summed E-state index contributed by atoms with van der Waals surface area (Å²) in [4.78, 5) is 28.0. The van der Waals surface area contributed by atoms with Crippen molar-refractivity contribution in [2.24, 2.45) is 55.7 Å². The minimum absolute atomic E-state index is 0.0896. The van der Waals surface area contributed by atoms with Crippen molar-refractivity contribution in [3.63, 3.8) is 0 Å². The first-order valence-corrected chi connectivity index (χ1v) is 21.5. The van der Waals surface area contributed by atoms with Gasteiger partial charge in [-0.15, -0.1) is 0 Å². The fourth-order valence-corrected chi connectivity index (χ4v) is 9.14. The van der Waals surface area contributed by atoms with E-state index in [-0.39, 0.29) is 60.4 Å². The van der Waals surface area contributed by atoms with Gasteiger partial charge in [0.1, 0.15) is 13.2 Å². The van der Waals surface area contributed by atoms with Gasteiger partial charge in [0.15, 0.2) is 25.2 Å². The Morgan fingerprint density at radius 1 is 0.517 bits per heavy atom. The monoisotopic (exact) mass is 829 g/mol. The zero-order valence-electron chi connectivity index (χ0n) is 37.4. The molecule has 5 unspecified atom stereocenters. The Morgan fingerprint density at radius 3 is 1.12 bits per heavy atom. The number of esters is 2. The zero-order chi connectivity index (χ0) is 42.8. The highest BCUT2D eigenvalue weighted by Crippen LogP contribution is 2.51. The number of rotatable bonds is 6. The van der Waals surface area contributed by atoms with Crippen LogP contribution in [0.15, 0.2) is 0 Å². The molecule has 11 rings (SSSR count). The van der Waals surface area contributed by atoms with Crippen LogP contribution in [-0.4, -0.2) is 127 Å². The Morgan fingerprint density at radius 2 is 0.810 bits per heavy atom. The second kappa shape index (κ2) is 18.5. The van der Waals surface area contributed by atoms with Crippen LogP contribution < -0.4 is 0 Å². The van der Waals surface area contributed by atoms with Crippen molar-refractivity contribution in [3.05, 3.63) is 0 Å². The van der Waals surface area contributed by atoms with Crippen LogP contribution in [0.5, 0.6) is 0 Å². The van der Waals surface area contributed by atoms with E-state index in [0.29, 0.717) is 85.0 Å². The number of carbonyl (C=O) groups is 2. The van der Waals surface area contributed by atoms with Crippen LogP contribution in [-0.2, 0) is 57.0 Å².